The number of aromatic nitrogens is 1. The molecule has 0 N–H and O–H groups in total. The van der Waals surface area contributed by atoms with Crippen molar-refractivity contribution in [1.82, 2.24) is 14.8 Å². The minimum absolute atomic E-state index is 0.0677. The van der Waals surface area contributed by atoms with Crippen molar-refractivity contribution in [3.05, 3.63) is 64.2 Å². The van der Waals surface area contributed by atoms with Crippen molar-refractivity contribution in [2.75, 3.05) is 13.6 Å². The van der Waals surface area contributed by atoms with E-state index in [0.29, 0.717) is 23.2 Å². The molecule has 0 spiro atoms. The lowest BCUT2D eigenvalue weighted by Gasteiger charge is -2.34. The Morgan fingerprint density at radius 2 is 1.86 bits per heavy atom. The quantitative estimate of drug-likeness (QED) is 0.607. The van der Waals surface area contributed by atoms with Crippen molar-refractivity contribution in [2.24, 2.45) is 0 Å². The number of amides is 3. The molecule has 7 heteroatoms. The molecule has 0 bridgehead atoms. The second-order valence-electron chi connectivity index (χ2n) is 7.46. The van der Waals surface area contributed by atoms with E-state index in [9.17, 15) is 14.4 Å². The van der Waals surface area contributed by atoms with Crippen molar-refractivity contribution in [1.29, 1.82) is 0 Å². The number of piperidine rings is 1. The molecule has 1 fully saturated rings. The molecule has 0 saturated carbocycles. The predicted octanol–water partition coefficient (Wildman–Crippen LogP) is 3.89. The number of thiazole rings is 1. The normalized spacial score (nSPS) is 19.1. The number of rotatable bonds is 2. The van der Waals surface area contributed by atoms with Gasteiger partial charge < -0.3 is 4.90 Å². The van der Waals surface area contributed by atoms with Crippen molar-refractivity contribution < 1.29 is 14.4 Å². The van der Waals surface area contributed by atoms with Gasteiger partial charge in [0.15, 0.2) is 0 Å². The van der Waals surface area contributed by atoms with Gasteiger partial charge in [-0.25, -0.2) is 4.98 Å². The summed E-state index contributed by atoms with van der Waals surface area (Å²) in [6.07, 6.45) is 2.86. The fourth-order valence-electron chi connectivity index (χ4n) is 4.12. The van der Waals surface area contributed by atoms with Crippen LogP contribution in [-0.2, 0) is 0 Å². The predicted molar refractivity (Wildman–Crippen MR) is 110 cm³/mol. The third kappa shape index (κ3) is 2.84. The Kier molecular flexibility index (Phi) is 4.20. The Balaban J connectivity index is 1.49. The Hall–Kier alpha value is -3.06. The lowest BCUT2D eigenvalue weighted by molar-refractivity contribution is 0.0610. The highest BCUT2D eigenvalue weighted by Gasteiger charge is 2.35. The number of carbonyl (C=O) groups is 3. The fraction of sp³-hybridized carbons (Fsp3) is 0.273. The zero-order valence-electron chi connectivity index (χ0n) is 15.9. The van der Waals surface area contributed by atoms with Gasteiger partial charge in [0.05, 0.1) is 27.4 Å². The Bertz CT molecular complexity index is 1140. The number of fused-ring (bicyclic) bond motifs is 2. The molecule has 6 nitrogen and oxygen atoms in total. The monoisotopic (exact) mass is 405 g/mol. The van der Waals surface area contributed by atoms with Gasteiger partial charge in [-0.05, 0) is 49.6 Å². The number of likely N-dealkylation sites (tertiary alicyclic amines) is 1. The van der Waals surface area contributed by atoms with Crippen molar-refractivity contribution in [3.63, 3.8) is 0 Å². The molecule has 1 unspecified atom stereocenters. The van der Waals surface area contributed by atoms with E-state index < -0.39 is 0 Å². The second-order valence-corrected chi connectivity index (χ2v) is 8.52. The summed E-state index contributed by atoms with van der Waals surface area (Å²) in [5.74, 6) is -0.804. The number of nitrogens with zero attached hydrogens (tertiary/aromatic N) is 3. The molecule has 3 heterocycles. The maximum Gasteiger partial charge on any atom is 0.261 e. The molecule has 1 aromatic heterocycles. The Labute approximate surface area is 171 Å². The molecule has 2 aromatic carbocycles. The molecule has 3 aromatic rings. The highest BCUT2D eigenvalue weighted by molar-refractivity contribution is 7.18. The minimum Gasteiger partial charge on any atom is -0.329 e. The number of hydrogen-bond donors (Lipinski definition) is 0. The second kappa shape index (κ2) is 6.77. The van der Waals surface area contributed by atoms with E-state index in [-0.39, 0.29) is 23.8 Å². The topological polar surface area (TPSA) is 70.6 Å². The van der Waals surface area contributed by atoms with Gasteiger partial charge in [-0.15, -0.1) is 11.3 Å². The molecular formula is C22H19N3O3S. The largest absolute Gasteiger partial charge is 0.329 e. The van der Waals surface area contributed by atoms with Gasteiger partial charge in [-0.1, -0.05) is 12.1 Å². The molecule has 5 rings (SSSR count). The van der Waals surface area contributed by atoms with Crippen LogP contribution in [0.15, 0.2) is 42.5 Å². The number of carbonyl (C=O) groups excluding carboxylic acids is 3. The van der Waals surface area contributed by atoms with E-state index in [4.69, 9.17) is 4.98 Å². The number of benzene rings is 2. The third-order valence-electron chi connectivity index (χ3n) is 5.70. The summed E-state index contributed by atoms with van der Waals surface area (Å²) in [4.78, 5) is 45.5. The average molecular weight is 405 g/mol. The summed E-state index contributed by atoms with van der Waals surface area (Å²) in [6, 6.07) is 12.7. The van der Waals surface area contributed by atoms with Crippen LogP contribution in [-0.4, -0.2) is 46.1 Å². The van der Waals surface area contributed by atoms with Crippen LogP contribution < -0.4 is 0 Å². The zero-order valence-corrected chi connectivity index (χ0v) is 16.7. The average Bonchev–Trinajstić information content (AvgIpc) is 3.28. The van der Waals surface area contributed by atoms with Gasteiger partial charge in [0.25, 0.3) is 17.7 Å². The standard InChI is InChI=1S/C22H19N3O3S/c1-24-21(27)14-10-9-13(12-15(14)22(24)28)20(26)25-11-5-4-7-17(25)19-23-16-6-2-3-8-18(16)29-19/h2-3,6,8-10,12,17H,4-5,7,11H2,1H3. The van der Waals surface area contributed by atoms with E-state index in [1.165, 1.54) is 7.05 Å². The summed E-state index contributed by atoms with van der Waals surface area (Å²) in [5.41, 5.74) is 2.05. The van der Waals surface area contributed by atoms with Crippen molar-refractivity contribution >= 4 is 39.3 Å². The number of para-hydroxylation sites is 1. The molecular weight excluding hydrogens is 386 g/mol. The third-order valence-corrected chi connectivity index (χ3v) is 6.83. The molecule has 3 amide bonds. The van der Waals surface area contributed by atoms with Crippen LogP contribution in [0.1, 0.15) is 61.4 Å². The van der Waals surface area contributed by atoms with Crippen LogP contribution in [0.2, 0.25) is 0 Å². The van der Waals surface area contributed by atoms with Gasteiger partial charge in [-0.3, -0.25) is 19.3 Å². The SMILES string of the molecule is CN1C(=O)c2ccc(C(=O)N3CCCCC3c3nc4ccccc4s3)cc2C1=O. The Morgan fingerprint density at radius 1 is 1.07 bits per heavy atom. The summed E-state index contributed by atoms with van der Waals surface area (Å²) < 4.78 is 1.12. The van der Waals surface area contributed by atoms with E-state index in [2.05, 4.69) is 0 Å². The first kappa shape index (κ1) is 18.0. The van der Waals surface area contributed by atoms with Gasteiger partial charge >= 0.3 is 0 Å². The van der Waals surface area contributed by atoms with E-state index in [1.807, 2.05) is 29.2 Å². The molecule has 0 radical (unpaired) electrons. The van der Waals surface area contributed by atoms with Gasteiger partial charge in [0.1, 0.15) is 5.01 Å². The summed E-state index contributed by atoms with van der Waals surface area (Å²) in [7, 11) is 1.46. The highest BCUT2D eigenvalue weighted by atomic mass is 32.1. The first-order chi connectivity index (χ1) is 14.0. The first-order valence-corrected chi connectivity index (χ1v) is 10.5. The molecule has 1 atom stereocenters. The lowest BCUT2D eigenvalue weighted by Crippen LogP contribution is -2.38. The maximum absolute atomic E-state index is 13.4. The van der Waals surface area contributed by atoms with Gasteiger partial charge in [0, 0.05) is 19.2 Å². The molecule has 1 saturated heterocycles. The maximum atomic E-state index is 13.4. The fourth-order valence-corrected chi connectivity index (χ4v) is 5.24. The van der Waals surface area contributed by atoms with Crippen molar-refractivity contribution in [3.8, 4) is 0 Å². The molecule has 2 aliphatic heterocycles. The first-order valence-electron chi connectivity index (χ1n) is 9.67. The van der Waals surface area contributed by atoms with Crippen molar-refractivity contribution in [2.45, 2.75) is 25.3 Å². The van der Waals surface area contributed by atoms with Crippen LogP contribution in [0.5, 0.6) is 0 Å². The summed E-state index contributed by atoms with van der Waals surface area (Å²) >= 11 is 1.63. The van der Waals surface area contributed by atoms with Gasteiger partial charge in [-0.2, -0.15) is 0 Å². The van der Waals surface area contributed by atoms with E-state index >= 15 is 0 Å². The van der Waals surface area contributed by atoms with Gasteiger partial charge in [0.2, 0.25) is 0 Å². The van der Waals surface area contributed by atoms with Crippen LogP contribution >= 0.6 is 11.3 Å². The zero-order chi connectivity index (χ0) is 20.1. The van der Waals surface area contributed by atoms with Crippen LogP contribution in [0, 0.1) is 0 Å². The minimum atomic E-state index is -0.360. The summed E-state index contributed by atoms with van der Waals surface area (Å²) in [6.45, 7) is 0.656. The lowest BCUT2D eigenvalue weighted by atomic mass is 9.99. The number of hydrogen-bond acceptors (Lipinski definition) is 5. The van der Waals surface area contributed by atoms with E-state index in [1.54, 1.807) is 29.5 Å². The van der Waals surface area contributed by atoms with Crippen LogP contribution in [0.25, 0.3) is 10.2 Å². The van der Waals surface area contributed by atoms with Crippen LogP contribution in [0.3, 0.4) is 0 Å². The molecule has 29 heavy (non-hydrogen) atoms. The Morgan fingerprint density at radius 3 is 2.69 bits per heavy atom. The molecule has 146 valence electrons. The van der Waals surface area contributed by atoms with E-state index in [0.717, 1.165) is 39.4 Å². The van der Waals surface area contributed by atoms with Crippen LogP contribution in [0.4, 0.5) is 0 Å². The summed E-state index contributed by atoms with van der Waals surface area (Å²) in [5, 5.41) is 0.950. The highest BCUT2D eigenvalue weighted by Crippen LogP contribution is 2.36. The molecule has 0 aliphatic carbocycles. The number of imide groups is 1. The smallest absolute Gasteiger partial charge is 0.261 e. The molecule has 2 aliphatic rings.